The summed E-state index contributed by atoms with van der Waals surface area (Å²) in [5, 5.41) is 86.8. The van der Waals surface area contributed by atoms with Crippen molar-refractivity contribution in [2.24, 2.45) is 0 Å². The van der Waals surface area contributed by atoms with Crippen molar-refractivity contribution >= 4 is 91.4 Å². The normalized spacial score (nSPS) is 35.6. The standard InChI is InChI=1S/C26H42N2O37S5.C7H5NOS/c1-4(30)27-7-9(31)13(6(56-23(7)39)3-55-67(43,44)45)58-26-19(65-70(52,53)54)12(34)16(20(62-26)22(37)38)60-24-8(28-66(40,41)42)15(63-68(46,47)48)14(5(2-29)57-24)59-25-18(64-69(49,50)51)11(33)10(32)17(61-25)21(35)36;9-7-5-3-1-2-4-6(5)10-8-7/h5-20,23-26,28-29,31-34,39H,2-3H2,1H3,(H,27,30)(H,35,36)(H,37,38)(H,40,41,42)(H,43,44,45)(H,46,47,48)(H,49,50,51)(H,52,53,54);1-4H,(H,8,9)/t5-,6+,7-,8-,9-,10-,11-,12+,13-,14-,15-,16+,17-,18+,19-,20+,23-,24+,25+,26-;/m1./s1. The van der Waals surface area contributed by atoms with Crippen molar-refractivity contribution in [3.63, 3.8) is 0 Å². The lowest BCUT2D eigenvalue weighted by atomic mass is 9.94. The highest BCUT2D eigenvalue weighted by Gasteiger charge is 2.60. The molecule has 1 aromatic heterocycles. The third-order valence-corrected chi connectivity index (χ3v) is 14.3. The predicted molar refractivity (Wildman–Crippen MR) is 243 cm³/mol. The lowest BCUT2D eigenvalue weighted by Crippen LogP contribution is -2.71. The van der Waals surface area contributed by atoms with Crippen molar-refractivity contribution in [1.29, 1.82) is 0 Å². The van der Waals surface area contributed by atoms with E-state index < -0.39 is 206 Å². The van der Waals surface area contributed by atoms with Gasteiger partial charge in [0.25, 0.3) is 5.56 Å². The maximum Gasteiger partial charge on any atom is 0.397 e. The zero-order chi connectivity index (χ0) is 60.4. The van der Waals surface area contributed by atoms with Gasteiger partial charge in [-0.3, -0.25) is 36.7 Å². The van der Waals surface area contributed by atoms with Crippen LogP contribution in [0.1, 0.15) is 6.92 Å². The van der Waals surface area contributed by atoms with Crippen LogP contribution in [0.25, 0.3) is 10.1 Å². The molecule has 1 amide bonds. The number of hydrogen-bond acceptors (Lipinski definition) is 32. The highest BCUT2D eigenvalue weighted by Crippen LogP contribution is 2.37. The van der Waals surface area contributed by atoms with Crippen LogP contribution in [0.15, 0.2) is 29.1 Å². The first-order valence-corrected chi connectivity index (χ1v) is 29.1. The molecule has 41 nitrogen and oxygen atoms in total. The summed E-state index contributed by atoms with van der Waals surface area (Å²) >= 11 is 1.38. The van der Waals surface area contributed by atoms with Crippen LogP contribution in [0.5, 0.6) is 0 Å². The molecule has 0 aliphatic carbocycles. The maximum absolute atomic E-state index is 12.7. The van der Waals surface area contributed by atoms with Crippen molar-refractivity contribution in [2.75, 3.05) is 13.2 Å². The Morgan fingerprint density at radius 3 is 1.61 bits per heavy atom. The smallest absolute Gasteiger partial charge is 0.397 e. The molecule has 47 heteroatoms. The summed E-state index contributed by atoms with van der Waals surface area (Å²) in [6, 6.07) is 2.58. The van der Waals surface area contributed by atoms with Crippen molar-refractivity contribution in [3.8, 4) is 0 Å². The van der Waals surface area contributed by atoms with E-state index in [1.165, 1.54) is 16.3 Å². The SMILES string of the molecule is CC(=O)N[C@@H]1[C@@H](O)[C@H](O[C@@H]2O[C@H](C(=O)O)[C@@H](O[C@@H]3O[C@H](CO)[C@@H](O[C@H]4O[C@@H](C(=O)O)[C@H](O)[C@@H](O)[C@@H]4OS(=O)(=O)O)[C@H](OS(=O)(=O)O)[C@H]3NS(=O)(=O)O)[C@H](O)[C@H]2OS(=O)(=O)O)[C@H](COS(=O)(=O)O)O[C@H]1O.O=c1[nH]sc2ccccc12. The van der Waals surface area contributed by atoms with Gasteiger partial charge in [-0.15, -0.1) is 0 Å². The summed E-state index contributed by atoms with van der Waals surface area (Å²) < 4.78 is 226. The Kier molecular flexibility index (Phi) is 22.1. The van der Waals surface area contributed by atoms with Crippen LogP contribution in [0.3, 0.4) is 0 Å². The Bertz CT molecular complexity index is 3140. The number of benzene rings is 1. The number of carboxylic acids is 2. The summed E-state index contributed by atoms with van der Waals surface area (Å²) in [4.78, 5) is 47.3. The van der Waals surface area contributed by atoms with Crippen LogP contribution in [-0.4, -0.2) is 264 Å². The molecular formula is C33H47N3O38S6. The van der Waals surface area contributed by atoms with Gasteiger partial charge in [0.05, 0.1) is 23.3 Å². The highest BCUT2D eigenvalue weighted by molar-refractivity contribution is 7.83. The summed E-state index contributed by atoms with van der Waals surface area (Å²) in [5.74, 6) is -5.49. The lowest BCUT2D eigenvalue weighted by molar-refractivity contribution is -0.366. The second-order valence-electron chi connectivity index (χ2n) is 16.6. The van der Waals surface area contributed by atoms with E-state index in [1.807, 2.05) is 29.6 Å². The van der Waals surface area contributed by atoms with E-state index in [-0.39, 0.29) is 5.56 Å². The fourth-order valence-electron chi connectivity index (χ4n) is 7.95. The minimum absolute atomic E-state index is 0.0144. The van der Waals surface area contributed by atoms with E-state index in [1.54, 1.807) is 0 Å². The fraction of sp³-hybridized carbons (Fsp3) is 0.697. The summed E-state index contributed by atoms with van der Waals surface area (Å²) in [5.41, 5.74) is 0.0144. The maximum atomic E-state index is 12.7. The van der Waals surface area contributed by atoms with Crippen molar-refractivity contribution < 1.29 is 170 Å². The van der Waals surface area contributed by atoms with Gasteiger partial charge >= 0.3 is 63.8 Å². The van der Waals surface area contributed by atoms with Gasteiger partial charge in [-0.1, -0.05) is 23.7 Å². The van der Waals surface area contributed by atoms with Gasteiger partial charge in [0.1, 0.15) is 73.1 Å². The van der Waals surface area contributed by atoms with Crippen molar-refractivity contribution in [2.45, 2.75) is 130 Å². The van der Waals surface area contributed by atoms with Gasteiger partial charge in [-0.2, -0.15) is 46.8 Å². The van der Waals surface area contributed by atoms with Crippen LogP contribution in [-0.2, 0) is 116 Å². The van der Waals surface area contributed by atoms with Gasteiger partial charge in [0.2, 0.25) is 5.91 Å². The minimum Gasteiger partial charge on any atom is -0.479 e. The molecule has 4 saturated heterocycles. The fourth-order valence-corrected chi connectivity index (χ4v) is 11.1. The Labute approximate surface area is 451 Å². The minimum atomic E-state index is -6.09. The molecular weight excluding hydrogens is 1240 g/mol. The van der Waals surface area contributed by atoms with Gasteiger partial charge in [0.15, 0.2) is 49.6 Å². The zero-order valence-electron chi connectivity index (χ0n) is 39.2. The Morgan fingerprint density at radius 2 is 1.11 bits per heavy atom. The number of fused-ring (bicyclic) bond motifs is 1. The average Bonchev–Trinajstić information content (AvgIpc) is 3.69. The molecule has 6 rings (SSSR count). The van der Waals surface area contributed by atoms with Gasteiger partial charge in [-0.25, -0.2) is 26.3 Å². The summed E-state index contributed by atoms with van der Waals surface area (Å²) in [6.45, 7) is -2.24. The number of nitrogens with one attached hydrogen (secondary N) is 3. The third-order valence-electron chi connectivity index (χ3n) is 11.1. The van der Waals surface area contributed by atoms with Crippen molar-refractivity contribution in [3.05, 3.63) is 34.6 Å². The Balaban J connectivity index is 0.00000104. The third kappa shape index (κ3) is 18.1. The van der Waals surface area contributed by atoms with E-state index in [4.69, 9.17) is 37.7 Å². The first kappa shape index (κ1) is 66.9. The number of hydrogen-bond donors (Lipinski definition) is 16. The number of aromatic amines is 1. The number of aliphatic hydroxyl groups is 6. The van der Waals surface area contributed by atoms with Gasteiger partial charge < -0.3 is 79.3 Å². The second kappa shape index (κ2) is 26.4. The topological polar surface area (TPSA) is 643 Å². The molecule has 2 aromatic rings. The van der Waals surface area contributed by atoms with E-state index >= 15 is 0 Å². The molecule has 4 fully saturated rings. The zero-order valence-corrected chi connectivity index (χ0v) is 44.1. The molecule has 0 radical (unpaired) electrons. The van der Waals surface area contributed by atoms with Crippen LogP contribution >= 0.6 is 11.5 Å². The number of amides is 1. The molecule has 458 valence electrons. The predicted octanol–water partition coefficient (Wildman–Crippen LogP) is -9.12. The number of aliphatic hydroxyl groups excluding tert-OH is 6. The number of carbonyl (C=O) groups excluding carboxylic acids is 1. The summed E-state index contributed by atoms with van der Waals surface area (Å²) in [7, 11) is -29.1. The summed E-state index contributed by atoms with van der Waals surface area (Å²) in [6.07, 6.45) is -49.1. The van der Waals surface area contributed by atoms with E-state index in [2.05, 4.69) is 21.1 Å². The molecule has 80 heavy (non-hydrogen) atoms. The Hall–Kier alpha value is -3.85. The quantitative estimate of drug-likeness (QED) is 0.0516. The average molecular weight is 1290 g/mol. The Morgan fingerprint density at radius 1 is 0.600 bits per heavy atom. The second-order valence-corrected chi connectivity index (χ2v) is 22.9. The van der Waals surface area contributed by atoms with E-state index in [9.17, 15) is 120 Å². The van der Waals surface area contributed by atoms with Crippen LogP contribution in [0.4, 0.5) is 0 Å². The number of carbonyl (C=O) groups is 3. The van der Waals surface area contributed by atoms with Crippen LogP contribution < -0.4 is 15.6 Å². The lowest BCUT2D eigenvalue weighted by Gasteiger charge is -2.50. The monoisotopic (exact) mass is 1290 g/mol. The number of rotatable bonds is 21. The molecule has 4 aliphatic heterocycles. The number of carboxylic acid groups (broad SMARTS) is 2. The van der Waals surface area contributed by atoms with Crippen LogP contribution in [0.2, 0.25) is 0 Å². The highest BCUT2D eigenvalue weighted by atomic mass is 32.3. The number of aromatic nitrogens is 1. The number of aliphatic carboxylic acids is 2. The number of ether oxygens (including phenoxy) is 7. The molecule has 20 atom stereocenters. The molecule has 0 bridgehead atoms. The molecule has 0 saturated carbocycles. The van der Waals surface area contributed by atoms with E-state index in [0.717, 1.165) is 17.0 Å². The van der Waals surface area contributed by atoms with Crippen molar-refractivity contribution in [1.82, 2.24) is 14.4 Å². The number of H-pyrrole nitrogens is 1. The van der Waals surface area contributed by atoms with Crippen LogP contribution in [0, 0.1) is 0 Å². The van der Waals surface area contributed by atoms with Gasteiger partial charge in [0, 0.05) is 6.92 Å². The largest absolute Gasteiger partial charge is 0.479 e. The van der Waals surface area contributed by atoms with E-state index in [0.29, 0.717) is 0 Å². The molecule has 0 unspecified atom stereocenters. The first-order valence-electron chi connectivity index (χ1n) is 21.4. The molecule has 4 aliphatic rings. The molecule has 1 aromatic carbocycles. The van der Waals surface area contributed by atoms with Gasteiger partial charge in [-0.05, 0) is 12.1 Å². The molecule has 0 spiro atoms. The molecule has 5 heterocycles. The molecule has 16 N–H and O–H groups in total. The first-order chi connectivity index (χ1) is 36.7.